The normalized spacial score (nSPS) is 18.0. The molecule has 1 heterocycles. The topological polar surface area (TPSA) is 49.9 Å². The van der Waals surface area contributed by atoms with E-state index >= 15 is 0 Å². The van der Waals surface area contributed by atoms with Crippen molar-refractivity contribution in [2.75, 3.05) is 20.1 Å². The first-order valence-corrected chi connectivity index (χ1v) is 9.42. The first kappa shape index (κ1) is 19.8. The lowest BCUT2D eigenvalue weighted by atomic mass is 9.96. The van der Waals surface area contributed by atoms with Crippen LogP contribution in [0.25, 0.3) is 0 Å². The fourth-order valence-electron chi connectivity index (χ4n) is 2.92. The van der Waals surface area contributed by atoms with Crippen molar-refractivity contribution < 1.29 is 14.3 Å². The number of benzene rings is 1. The highest BCUT2D eigenvalue weighted by Gasteiger charge is 2.32. The summed E-state index contributed by atoms with van der Waals surface area (Å²) in [6, 6.07) is 7.94. The summed E-state index contributed by atoms with van der Waals surface area (Å²) < 4.78 is 6.45. The van der Waals surface area contributed by atoms with Crippen LogP contribution in [0.5, 0.6) is 0 Å². The van der Waals surface area contributed by atoms with E-state index in [1.54, 1.807) is 9.80 Å². The van der Waals surface area contributed by atoms with Crippen LogP contribution in [0.4, 0.5) is 4.79 Å². The maximum Gasteiger partial charge on any atom is 0.410 e. The van der Waals surface area contributed by atoms with Crippen molar-refractivity contribution in [3.8, 4) is 0 Å². The number of amides is 2. The van der Waals surface area contributed by atoms with Gasteiger partial charge in [-0.05, 0) is 51.3 Å². The van der Waals surface area contributed by atoms with E-state index in [-0.39, 0.29) is 17.9 Å². The third-order valence-corrected chi connectivity index (χ3v) is 4.66. The van der Waals surface area contributed by atoms with Gasteiger partial charge in [0, 0.05) is 31.2 Å². The van der Waals surface area contributed by atoms with Crippen LogP contribution in [-0.2, 0) is 16.1 Å². The highest BCUT2D eigenvalue weighted by Crippen LogP contribution is 2.22. The summed E-state index contributed by atoms with van der Waals surface area (Å²) in [5.41, 5.74) is 0.561. The molecule has 0 N–H and O–H groups in total. The number of likely N-dealkylation sites (tertiary alicyclic amines) is 1. The number of rotatable bonds is 3. The second-order valence-electron chi connectivity index (χ2n) is 7.59. The molecule has 1 fully saturated rings. The lowest BCUT2D eigenvalue weighted by molar-refractivity contribution is -0.136. The van der Waals surface area contributed by atoms with Crippen LogP contribution < -0.4 is 0 Å². The van der Waals surface area contributed by atoms with Gasteiger partial charge in [-0.2, -0.15) is 0 Å². The van der Waals surface area contributed by atoms with Gasteiger partial charge in [-0.1, -0.05) is 28.1 Å². The fourth-order valence-corrected chi connectivity index (χ4v) is 3.19. The molecule has 1 aromatic carbocycles. The van der Waals surface area contributed by atoms with E-state index in [0.29, 0.717) is 19.6 Å². The van der Waals surface area contributed by atoms with Crippen molar-refractivity contribution in [3.63, 3.8) is 0 Å². The number of ether oxygens (including phenoxy) is 1. The molecule has 5 nitrogen and oxygen atoms in total. The Kier molecular flexibility index (Phi) is 6.49. The quantitative estimate of drug-likeness (QED) is 0.754. The van der Waals surface area contributed by atoms with Gasteiger partial charge in [0.1, 0.15) is 5.60 Å². The van der Waals surface area contributed by atoms with Crippen LogP contribution in [0.15, 0.2) is 28.7 Å². The highest BCUT2D eigenvalue weighted by atomic mass is 79.9. The maximum atomic E-state index is 12.8. The molecule has 0 unspecified atom stereocenters. The zero-order valence-electron chi connectivity index (χ0n) is 15.4. The standard InChI is InChI=1S/C19H27BrN2O3/c1-19(2,3)25-18(24)22-11-5-6-15(13-22)17(23)21(4)12-14-7-9-16(20)10-8-14/h7-10,15H,5-6,11-13H2,1-4H3/t15-/m0/s1. The van der Waals surface area contributed by atoms with Gasteiger partial charge in [0.25, 0.3) is 0 Å². The van der Waals surface area contributed by atoms with Gasteiger partial charge in [0.2, 0.25) is 5.91 Å². The van der Waals surface area contributed by atoms with E-state index in [1.807, 2.05) is 52.1 Å². The van der Waals surface area contributed by atoms with E-state index < -0.39 is 5.60 Å². The minimum absolute atomic E-state index is 0.0798. The van der Waals surface area contributed by atoms with Crippen molar-refractivity contribution in [2.24, 2.45) is 5.92 Å². The van der Waals surface area contributed by atoms with Crippen molar-refractivity contribution in [2.45, 2.75) is 45.8 Å². The van der Waals surface area contributed by atoms with Gasteiger partial charge >= 0.3 is 6.09 Å². The number of halogens is 1. The molecule has 25 heavy (non-hydrogen) atoms. The first-order chi connectivity index (χ1) is 11.7. The molecule has 0 aromatic heterocycles. The maximum absolute atomic E-state index is 12.8. The summed E-state index contributed by atoms with van der Waals surface area (Å²) in [7, 11) is 1.82. The second-order valence-corrected chi connectivity index (χ2v) is 8.50. The lowest BCUT2D eigenvalue weighted by Crippen LogP contribution is -2.47. The Morgan fingerprint density at radius 1 is 1.28 bits per heavy atom. The summed E-state index contributed by atoms with van der Waals surface area (Å²) in [6.07, 6.45) is 1.30. The minimum Gasteiger partial charge on any atom is -0.444 e. The third-order valence-electron chi connectivity index (χ3n) is 4.13. The van der Waals surface area contributed by atoms with Crippen molar-refractivity contribution >= 4 is 27.9 Å². The number of piperidine rings is 1. The zero-order chi connectivity index (χ0) is 18.6. The summed E-state index contributed by atoms with van der Waals surface area (Å²) in [6.45, 7) is 7.19. The second kappa shape index (κ2) is 8.21. The summed E-state index contributed by atoms with van der Waals surface area (Å²) in [4.78, 5) is 28.4. The molecule has 138 valence electrons. The number of carbonyl (C=O) groups is 2. The molecule has 1 saturated heterocycles. The molecule has 2 rings (SSSR count). The van der Waals surface area contributed by atoms with Gasteiger partial charge in [-0.15, -0.1) is 0 Å². The van der Waals surface area contributed by atoms with Gasteiger partial charge in [-0.3, -0.25) is 4.79 Å². The molecule has 2 amide bonds. The Balaban J connectivity index is 1.94. The van der Waals surface area contributed by atoms with E-state index in [0.717, 1.165) is 22.9 Å². The zero-order valence-corrected chi connectivity index (χ0v) is 17.0. The number of carbonyl (C=O) groups excluding carboxylic acids is 2. The molecule has 6 heteroatoms. The monoisotopic (exact) mass is 410 g/mol. The van der Waals surface area contributed by atoms with E-state index in [9.17, 15) is 9.59 Å². The first-order valence-electron chi connectivity index (χ1n) is 8.63. The molecule has 0 saturated carbocycles. The molecule has 1 aliphatic heterocycles. The van der Waals surface area contributed by atoms with E-state index in [1.165, 1.54) is 0 Å². The Morgan fingerprint density at radius 2 is 1.92 bits per heavy atom. The molecule has 0 radical (unpaired) electrons. The van der Waals surface area contributed by atoms with Crippen LogP contribution in [0.2, 0.25) is 0 Å². The molecule has 0 spiro atoms. The smallest absolute Gasteiger partial charge is 0.410 e. The van der Waals surface area contributed by atoms with Crippen molar-refractivity contribution in [1.29, 1.82) is 0 Å². The predicted molar refractivity (Wildman–Crippen MR) is 101 cm³/mol. The largest absolute Gasteiger partial charge is 0.444 e. The van der Waals surface area contributed by atoms with E-state index in [2.05, 4.69) is 15.9 Å². The van der Waals surface area contributed by atoms with Gasteiger partial charge in [-0.25, -0.2) is 4.79 Å². The van der Waals surface area contributed by atoms with Crippen molar-refractivity contribution in [3.05, 3.63) is 34.3 Å². The average Bonchev–Trinajstić information content (AvgIpc) is 2.55. The minimum atomic E-state index is -0.521. The Bertz CT molecular complexity index is 610. The molecule has 1 aromatic rings. The molecule has 1 atom stereocenters. The summed E-state index contributed by atoms with van der Waals surface area (Å²) in [5, 5.41) is 0. The predicted octanol–water partition coefficient (Wildman–Crippen LogP) is 4.05. The third kappa shape index (κ3) is 6.03. The highest BCUT2D eigenvalue weighted by molar-refractivity contribution is 9.10. The SMILES string of the molecule is CN(Cc1ccc(Br)cc1)C(=O)[C@H]1CCCN(C(=O)OC(C)(C)C)C1. The Morgan fingerprint density at radius 3 is 2.52 bits per heavy atom. The van der Waals surface area contributed by atoms with Crippen LogP contribution >= 0.6 is 15.9 Å². The summed E-state index contributed by atoms with van der Waals surface area (Å²) >= 11 is 3.41. The van der Waals surface area contributed by atoms with Crippen LogP contribution in [-0.4, -0.2) is 47.5 Å². The molecular weight excluding hydrogens is 384 g/mol. The number of nitrogens with zero attached hydrogens (tertiary/aromatic N) is 2. The van der Waals surface area contributed by atoms with Crippen LogP contribution in [0, 0.1) is 5.92 Å². The van der Waals surface area contributed by atoms with Crippen molar-refractivity contribution in [1.82, 2.24) is 9.80 Å². The fraction of sp³-hybridized carbons (Fsp3) is 0.579. The molecular formula is C19H27BrN2O3. The lowest BCUT2D eigenvalue weighted by Gasteiger charge is -2.35. The van der Waals surface area contributed by atoms with Gasteiger partial charge in [0.05, 0.1) is 5.92 Å². The Hall–Kier alpha value is -1.56. The Labute approximate surface area is 158 Å². The van der Waals surface area contributed by atoms with Gasteiger partial charge < -0.3 is 14.5 Å². The average molecular weight is 411 g/mol. The van der Waals surface area contributed by atoms with Crippen LogP contribution in [0.3, 0.4) is 0 Å². The number of hydrogen-bond acceptors (Lipinski definition) is 3. The van der Waals surface area contributed by atoms with Crippen LogP contribution in [0.1, 0.15) is 39.2 Å². The van der Waals surface area contributed by atoms with Gasteiger partial charge in [0.15, 0.2) is 0 Å². The molecule has 1 aliphatic rings. The molecule has 0 aliphatic carbocycles. The molecule has 0 bridgehead atoms. The number of hydrogen-bond donors (Lipinski definition) is 0. The summed E-state index contributed by atoms with van der Waals surface area (Å²) in [5.74, 6) is -0.0853. The van der Waals surface area contributed by atoms with E-state index in [4.69, 9.17) is 4.74 Å².